The van der Waals surface area contributed by atoms with Crippen molar-refractivity contribution in [3.8, 4) is 11.5 Å². The van der Waals surface area contributed by atoms with Crippen LogP contribution in [-0.4, -0.2) is 18.3 Å². The summed E-state index contributed by atoms with van der Waals surface area (Å²) in [6.07, 6.45) is 1.90. The van der Waals surface area contributed by atoms with Gasteiger partial charge in [-0.1, -0.05) is 43.7 Å². The van der Waals surface area contributed by atoms with Gasteiger partial charge in [0.05, 0.1) is 19.2 Å². The van der Waals surface area contributed by atoms with E-state index in [0.717, 1.165) is 36.0 Å². The molecular formula is C22H26N2O3. The van der Waals surface area contributed by atoms with Gasteiger partial charge >= 0.3 is 0 Å². The topological polar surface area (TPSA) is 52.5 Å². The molecule has 5 heteroatoms. The predicted octanol–water partition coefficient (Wildman–Crippen LogP) is 4.34. The molecule has 0 saturated heterocycles. The zero-order valence-electron chi connectivity index (χ0n) is 16.1. The highest BCUT2D eigenvalue weighted by Crippen LogP contribution is 2.33. The van der Waals surface area contributed by atoms with E-state index in [-0.39, 0.29) is 11.3 Å². The Bertz CT molecular complexity index is 965. The van der Waals surface area contributed by atoms with Gasteiger partial charge in [0.1, 0.15) is 0 Å². The third-order valence-electron chi connectivity index (χ3n) is 4.60. The summed E-state index contributed by atoms with van der Waals surface area (Å²) in [6, 6.07) is 16.1. The zero-order valence-corrected chi connectivity index (χ0v) is 16.1. The van der Waals surface area contributed by atoms with Gasteiger partial charge in [-0.05, 0) is 30.2 Å². The normalized spacial score (nSPS) is 10.8. The smallest absolute Gasteiger partial charge is 0.297 e. The van der Waals surface area contributed by atoms with Crippen LogP contribution in [0.3, 0.4) is 0 Å². The van der Waals surface area contributed by atoms with Crippen LogP contribution >= 0.6 is 0 Å². The summed E-state index contributed by atoms with van der Waals surface area (Å²) in [5, 5.41) is 4.26. The first-order valence-corrected chi connectivity index (χ1v) is 9.27. The van der Waals surface area contributed by atoms with Gasteiger partial charge in [0.15, 0.2) is 5.75 Å². The lowest BCUT2D eigenvalue weighted by atomic mass is 10.1. The first-order valence-electron chi connectivity index (χ1n) is 9.27. The van der Waals surface area contributed by atoms with Gasteiger partial charge < -0.3 is 19.4 Å². The van der Waals surface area contributed by atoms with Gasteiger partial charge in [0, 0.05) is 24.7 Å². The molecule has 27 heavy (non-hydrogen) atoms. The minimum absolute atomic E-state index is 0.185. The quantitative estimate of drug-likeness (QED) is 0.603. The molecule has 0 amide bonds. The maximum atomic E-state index is 12.8. The molecule has 0 radical (unpaired) electrons. The van der Waals surface area contributed by atoms with Crippen LogP contribution in [0.4, 0.5) is 5.69 Å². The van der Waals surface area contributed by atoms with E-state index in [2.05, 4.69) is 24.4 Å². The van der Waals surface area contributed by atoms with E-state index in [9.17, 15) is 4.79 Å². The highest BCUT2D eigenvalue weighted by molar-refractivity contribution is 5.90. The number of hydrogen-bond donors (Lipinski definition) is 1. The lowest BCUT2D eigenvalue weighted by molar-refractivity contribution is 0.284. The van der Waals surface area contributed by atoms with E-state index < -0.39 is 0 Å². The van der Waals surface area contributed by atoms with Crippen molar-refractivity contribution in [2.75, 3.05) is 19.0 Å². The molecule has 0 aliphatic rings. The lowest BCUT2D eigenvalue weighted by Gasteiger charge is -2.16. The number of pyridine rings is 1. The van der Waals surface area contributed by atoms with E-state index in [1.54, 1.807) is 18.7 Å². The molecule has 2 aromatic carbocycles. The molecule has 142 valence electrons. The number of rotatable bonds is 8. The number of anilines is 1. The summed E-state index contributed by atoms with van der Waals surface area (Å²) in [5.41, 5.74) is 2.76. The molecule has 0 fully saturated rings. The SMILES string of the molecule is CCCCOc1c(OC)c2ccc(NCc3ccccc3)cc2n(C)c1=O. The van der Waals surface area contributed by atoms with Crippen molar-refractivity contribution in [2.24, 2.45) is 7.05 Å². The molecule has 1 aromatic heterocycles. The van der Waals surface area contributed by atoms with Gasteiger partial charge in [-0.15, -0.1) is 0 Å². The summed E-state index contributed by atoms with van der Waals surface area (Å²) < 4.78 is 12.9. The highest BCUT2D eigenvalue weighted by Gasteiger charge is 2.17. The molecule has 3 aromatic rings. The molecule has 0 spiro atoms. The Morgan fingerprint density at radius 2 is 1.85 bits per heavy atom. The van der Waals surface area contributed by atoms with E-state index in [0.29, 0.717) is 12.4 Å². The molecule has 1 heterocycles. The fourth-order valence-electron chi connectivity index (χ4n) is 3.04. The average Bonchev–Trinajstić information content (AvgIpc) is 2.71. The highest BCUT2D eigenvalue weighted by atomic mass is 16.5. The molecule has 5 nitrogen and oxygen atoms in total. The number of methoxy groups -OCH3 is 1. The number of aryl methyl sites for hydroxylation is 1. The number of nitrogens with zero attached hydrogens (tertiary/aromatic N) is 1. The largest absolute Gasteiger partial charge is 0.492 e. The first-order chi connectivity index (χ1) is 13.2. The predicted molar refractivity (Wildman–Crippen MR) is 110 cm³/mol. The van der Waals surface area contributed by atoms with Gasteiger partial charge in [-0.2, -0.15) is 0 Å². The van der Waals surface area contributed by atoms with Crippen LogP contribution in [0.1, 0.15) is 25.3 Å². The lowest BCUT2D eigenvalue weighted by Crippen LogP contribution is -2.21. The molecule has 0 atom stereocenters. The van der Waals surface area contributed by atoms with E-state index in [4.69, 9.17) is 9.47 Å². The summed E-state index contributed by atoms with van der Waals surface area (Å²) >= 11 is 0. The van der Waals surface area contributed by atoms with E-state index in [1.807, 2.05) is 36.4 Å². The van der Waals surface area contributed by atoms with Crippen LogP contribution in [0.15, 0.2) is 53.3 Å². The van der Waals surface area contributed by atoms with Crippen LogP contribution in [0.5, 0.6) is 11.5 Å². The number of unbranched alkanes of at least 4 members (excludes halogenated alkanes) is 1. The fraction of sp³-hybridized carbons (Fsp3) is 0.318. The van der Waals surface area contributed by atoms with E-state index >= 15 is 0 Å². The Labute approximate surface area is 159 Å². The molecule has 3 rings (SSSR count). The van der Waals surface area contributed by atoms with Crippen LogP contribution in [-0.2, 0) is 13.6 Å². The molecule has 0 saturated carbocycles. The molecule has 1 N–H and O–H groups in total. The number of ether oxygens (including phenoxy) is 2. The second-order valence-corrected chi connectivity index (χ2v) is 6.50. The Balaban J connectivity index is 1.95. The fourth-order valence-corrected chi connectivity index (χ4v) is 3.04. The molecule has 0 aliphatic heterocycles. The van der Waals surface area contributed by atoms with Crippen molar-refractivity contribution in [3.05, 3.63) is 64.4 Å². The van der Waals surface area contributed by atoms with Crippen molar-refractivity contribution < 1.29 is 9.47 Å². The van der Waals surface area contributed by atoms with Crippen LogP contribution in [0, 0.1) is 0 Å². The summed E-state index contributed by atoms with van der Waals surface area (Å²) in [6.45, 7) is 3.31. The van der Waals surface area contributed by atoms with Crippen molar-refractivity contribution in [2.45, 2.75) is 26.3 Å². The minimum Gasteiger partial charge on any atom is -0.492 e. The van der Waals surface area contributed by atoms with Crippen molar-refractivity contribution in [1.29, 1.82) is 0 Å². The van der Waals surface area contributed by atoms with Crippen molar-refractivity contribution in [3.63, 3.8) is 0 Å². The molecular weight excluding hydrogens is 340 g/mol. The second kappa shape index (κ2) is 8.62. The third-order valence-corrected chi connectivity index (χ3v) is 4.60. The maximum Gasteiger partial charge on any atom is 0.297 e. The summed E-state index contributed by atoms with van der Waals surface area (Å²) in [5.74, 6) is 0.782. The Kier molecular flexibility index (Phi) is 6.01. The zero-order chi connectivity index (χ0) is 19.2. The van der Waals surface area contributed by atoms with Gasteiger partial charge in [0.2, 0.25) is 5.75 Å². The van der Waals surface area contributed by atoms with Crippen molar-refractivity contribution >= 4 is 16.6 Å². The van der Waals surface area contributed by atoms with Crippen molar-refractivity contribution in [1.82, 2.24) is 4.57 Å². The van der Waals surface area contributed by atoms with Crippen LogP contribution < -0.4 is 20.3 Å². The Morgan fingerprint density at radius 1 is 1.07 bits per heavy atom. The standard InChI is InChI=1S/C22H26N2O3/c1-4-5-13-27-21-20(26-3)18-12-11-17(14-19(18)24(2)22(21)25)23-15-16-9-7-6-8-10-16/h6-12,14,23H,4-5,13,15H2,1-3H3. The van der Waals surface area contributed by atoms with Crippen LogP contribution in [0.25, 0.3) is 10.9 Å². The Morgan fingerprint density at radius 3 is 2.56 bits per heavy atom. The van der Waals surface area contributed by atoms with Gasteiger partial charge in [-0.3, -0.25) is 4.79 Å². The molecule has 0 unspecified atom stereocenters. The number of benzene rings is 2. The minimum atomic E-state index is -0.185. The molecule has 0 aliphatic carbocycles. The van der Waals surface area contributed by atoms with E-state index in [1.165, 1.54) is 5.56 Å². The first kappa shape index (κ1) is 18.8. The number of nitrogens with one attached hydrogen (secondary N) is 1. The second-order valence-electron chi connectivity index (χ2n) is 6.50. The monoisotopic (exact) mass is 366 g/mol. The summed E-state index contributed by atoms with van der Waals surface area (Å²) in [4.78, 5) is 12.8. The maximum absolute atomic E-state index is 12.8. The Hall–Kier alpha value is -2.95. The third kappa shape index (κ3) is 4.08. The summed E-state index contributed by atoms with van der Waals surface area (Å²) in [7, 11) is 3.33. The molecule has 0 bridgehead atoms. The van der Waals surface area contributed by atoms with Gasteiger partial charge in [0.25, 0.3) is 5.56 Å². The van der Waals surface area contributed by atoms with Gasteiger partial charge in [-0.25, -0.2) is 0 Å². The number of aromatic nitrogens is 1. The average molecular weight is 366 g/mol. The number of hydrogen-bond acceptors (Lipinski definition) is 4. The van der Waals surface area contributed by atoms with Crippen LogP contribution in [0.2, 0.25) is 0 Å². The number of fused-ring (bicyclic) bond motifs is 1.